The minimum absolute atomic E-state index is 0.366. The molecule has 98 valence electrons. The average Bonchev–Trinajstić information content (AvgIpc) is 2.33. The van der Waals surface area contributed by atoms with Gasteiger partial charge in [0.05, 0.1) is 10.2 Å². The molecule has 0 heterocycles. The highest BCUT2D eigenvalue weighted by molar-refractivity contribution is 9.10. The van der Waals surface area contributed by atoms with Crippen molar-refractivity contribution in [3.05, 3.63) is 28.0 Å². The molecular formula is C10H3BrF4N4. The lowest BCUT2D eigenvalue weighted by Crippen LogP contribution is -2.12. The molecule has 0 fully saturated rings. The summed E-state index contributed by atoms with van der Waals surface area (Å²) in [7, 11) is 0. The lowest BCUT2D eigenvalue weighted by molar-refractivity contribution is -0.139. The number of nitrogens with one attached hydrogen (secondary N) is 1. The highest BCUT2D eigenvalue weighted by Gasteiger charge is 2.38. The lowest BCUT2D eigenvalue weighted by atomic mass is 10.1. The van der Waals surface area contributed by atoms with Gasteiger partial charge in [-0.15, -0.1) is 0 Å². The van der Waals surface area contributed by atoms with Crippen molar-refractivity contribution in [1.82, 2.24) is 0 Å². The number of halogens is 5. The van der Waals surface area contributed by atoms with Crippen LogP contribution in [0, 0.1) is 28.5 Å². The molecule has 0 aliphatic carbocycles. The maximum atomic E-state index is 13.5. The number of benzene rings is 1. The third kappa shape index (κ3) is 3.42. The van der Waals surface area contributed by atoms with Gasteiger partial charge in [0.1, 0.15) is 17.7 Å². The van der Waals surface area contributed by atoms with Gasteiger partial charge in [0.15, 0.2) is 5.82 Å². The molecule has 0 radical (unpaired) electrons. The van der Waals surface area contributed by atoms with E-state index in [0.717, 1.165) is 12.1 Å². The molecule has 9 heteroatoms. The van der Waals surface area contributed by atoms with Crippen molar-refractivity contribution in [2.45, 2.75) is 6.18 Å². The van der Waals surface area contributed by atoms with E-state index in [2.05, 4.69) is 21.0 Å². The molecule has 0 saturated heterocycles. The molecule has 0 spiro atoms. The Morgan fingerprint density at radius 3 is 2.32 bits per heavy atom. The summed E-state index contributed by atoms with van der Waals surface area (Å²) >= 11 is 2.64. The molecule has 0 unspecified atom stereocenters. The van der Waals surface area contributed by atoms with Crippen LogP contribution in [0.25, 0.3) is 0 Å². The van der Waals surface area contributed by atoms with Crippen LogP contribution in [0.2, 0.25) is 0 Å². The molecule has 0 saturated carbocycles. The van der Waals surface area contributed by atoms with Gasteiger partial charge in [-0.05, 0) is 28.1 Å². The Morgan fingerprint density at radius 2 is 1.84 bits per heavy atom. The fourth-order valence-electron chi connectivity index (χ4n) is 1.11. The Kier molecular flexibility index (Phi) is 4.46. The third-order valence-corrected chi connectivity index (χ3v) is 2.49. The Morgan fingerprint density at radius 1 is 1.26 bits per heavy atom. The molecule has 1 aromatic carbocycles. The number of alkyl halides is 3. The van der Waals surface area contributed by atoms with Crippen molar-refractivity contribution in [2.75, 3.05) is 5.43 Å². The average molecular weight is 335 g/mol. The molecule has 1 aromatic rings. The maximum Gasteiger partial charge on any atom is 0.421 e. The summed E-state index contributed by atoms with van der Waals surface area (Å²) in [5, 5.41) is 19.9. The van der Waals surface area contributed by atoms with Crippen molar-refractivity contribution in [3.8, 4) is 12.1 Å². The van der Waals surface area contributed by atoms with Crippen molar-refractivity contribution >= 4 is 27.3 Å². The van der Waals surface area contributed by atoms with Crippen molar-refractivity contribution in [2.24, 2.45) is 5.10 Å². The summed E-state index contributed by atoms with van der Waals surface area (Å²) in [6.45, 7) is 0. The van der Waals surface area contributed by atoms with Gasteiger partial charge in [-0.1, -0.05) is 0 Å². The van der Waals surface area contributed by atoms with Gasteiger partial charge in [-0.25, -0.2) is 4.39 Å². The SMILES string of the molecule is N#CC(C#N)=NNc1ccc(Br)c(F)c1C(F)(F)F. The van der Waals surface area contributed by atoms with E-state index in [1.807, 2.05) is 5.43 Å². The van der Waals surface area contributed by atoms with Crippen LogP contribution < -0.4 is 5.43 Å². The summed E-state index contributed by atoms with van der Waals surface area (Å²) in [5.41, 5.74) is -1.10. The van der Waals surface area contributed by atoms with Crippen LogP contribution in [0.3, 0.4) is 0 Å². The van der Waals surface area contributed by atoms with Crippen LogP contribution in [0.4, 0.5) is 23.2 Å². The van der Waals surface area contributed by atoms with E-state index >= 15 is 0 Å². The van der Waals surface area contributed by atoms with Crippen LogP contribution in [-0.2, 0) is 6.18 Å². The predicted octanol–water partition coefficient (Wildman–Crippen LogP) is 3.42. The summed E-state index contributed by atoms with van der Waals surface area (Å²) in [6.07, 6.45) is -4.95. The minimum atomic E-state index is -4.95. The molecule has 0 amide bonds. The first-order valence-corrected chi connectivity index (χ1v) is 5.29. The molecule has 1 rings (SSSR count). The van der Waals surface area contributed by atoms with Crippen molar-refractivity contribution in [3.63, 3.8) is 0 Å². The van der Waals surface area contributed by atoms with Crippen LogP contribution in [0.1, 0.15) is 5.56 Å². The number of rotatable bonds is 2. The van der Waals surface area contributed by atoms with Gasteiger partial charge >= 0.3 is 6.18 Å². The zero-order valence-corrected chi connectivity index (χ0v) is 10.5. The largest absolute Gasteiger partial charge is 0.421 e. The minimum Gasteiger partial charge on any atom is -0.276 e. The molecule has 0 atom stereocenters. The first kappa shape index (κ1) is 14.9. The van der Waals surface area contributed by atoms with Gasteiger partial charge in [0.25, 0.3) is 0 Å². The topological polar surface area (TPSA) is 72.0 Å². The smallest absolute Gasteiger partial charge is 0.276 e. The lowest BCUT2D eigenvalue weighted by Gasteiger charge is -2.13. The normalized spacial score (nSPS) is 10.3. The summed E-state index contributed by atoms with van der Waals surface area (Å²) in [4.78, 5) is 0. The molecule has 0 aliphatic heterocycles. The van der Waals surface area contributed by atoms with Crippen LogP contribution in [0.5, 0.6) is 0 Å². The Bertz CT molecular complexity index is 594. The number of hydrogen-bond donors (Lipinski definition) is 1. The summed E-state index contributed by atoms with van der Waals surface area (Å²) < 4.78 is 51.2. The second-order valence-electron chi connectivity index (χ2n) is 3.08. The Hall–Kier alpha value is -2.13. The fourth-order valence-corrected chi connectivity index (χ4v) is 1.44. The van der Waals surface area contributed by atoms with Crippen molar-refractivity contribution < 1.29 is 17.6 Å². The van der Waals surface area contributed by atoms with E-state index < -0.39 is 29.0 Å². The highest BCUT2D eigenvalue weighted by Crippen LogP contribution is 2.39. The second kappa shape index (κ2) is 5.67. The van der Waals surface area contributed by atoms with E-state index in [0.29, 0.717) is 0 Å². The van der Waals surface area contributed by atoms with Crippen molar-refractivity contribution in [1.29, 1.82) is 10.5 Å². The zero-order chi connectivity index (χ0) is 14.6. The van der Waals surface area contributed by atoms with E-state index in [1.54, 1.807) is 0 Å². The Labute approximate surface area is 113 Å². The molecule has 4 nitrogen and oxygen atoms in total. The second-order valence-corrected chi connectivity index (χ2v) is 3.93. The molecule has 0 bridgehead atoms. The summed E-state index contributed by atoms with van der Waals surface area (Å²) in [5.74, 6) is -1.51. The first-order chi connectivity index (χ1) is 8.81. The number of hydrogen-bond acceptors (Lipinski definition) is 4. The zero-order valence-electron chi connectivity index (χ0n) is 8.89. The van der Waals surface area contributed by atoms with Crippen LogP contribution >= 0.6 is 15.9 Å². The van der Waals surface area contributed by atoms with E-state index in [4.69, 9.17) is 10.5 Å². The Balaban J connectivity index is 3.32. The summed E-state index contributed by atoms with van der Waals surface area (Å²) in [6, 6.07) is 4.66. The fraction of sp³-hybridized carbons (Fsp3) is 0.100. The number of nitriles is 2. The molecule has 0 aliphatic rings. The van der Waals surface area contributed by atoms with Gasteiger partial charge in [0, 0.05) is 0 Å². The molecule has 19 heavy (non-hydrogen) atoms. The first-order valence-electron chi connectivity index (χ1n) is 4.50. The number of hydrazone groups is 1. The highest BCUT2D eigenvalue weighted by atomic mass is 79.9. The van der Waals surface area contributed by atoms with Crippen LogP contribution in [0.15, 0.2) is 21.7 Å². The standard InChI is InChI=1S/C10H3BrF4N4/c11-6-1-2-7(19-18-5(3-16)4-17)8(9(6)12)10(13,14)15/h1-2,19H. The van der Waals surface area contributed by atoms with E-state index in [9.17, 15) is 17.6 Å². The molecular weight excluding hydrogens is 332 g/mol. The van der Waals surface area contributed by atoms with Crippen LogP contribution in [-0.4, -0.2) is 5.71 Å². The third-order valence-electron chi connectivity index (χ3n) is 1.88. The van der Waals surface area contributed by atoms with Gasteiger partial charge in [-0.3, -0.25) is 5.43 Å². The molecule has 0 aromatic heterocycles. The monoisotopic (exact) mass is 334 g/mol. The van der Waals surface area contributed by atoms with E-state index in [1.165, 1.54) is 12.1 Å². The van der Waals surface area contributed by atoms with Gasteiger partial charge in [0.2, 0.25) is 5.71 Å². The maximum absolute atomic E-state index is 13.5. The predicted molar refractivity (Wildman–Crippen MR) is 61.4 cm³/mol. The molecule has 1 N–H and O–H groups in total. The van der Waals surface area contributed by atoms with Gasteiger partial charge < -0.3 is 0 Å². The quantitative estimate of drug-likeness (QED) is 0.511. The number of nitrogens with zero attached hydrogens (tertiary/aromatic N) is 3. The van der Waals surface area contributed by atoms with Gasteiger partial charge in [-0.2, -0.15) is 28.8 Å². The van der Waals surface area contributed by atoms with E-state index in [-0.39, 0.29) is 4.47 Å². The number of anilines is 1.